The Labute approximate surface area is 164 Å². The van der Waals surface area contributed by atoms with Crippen molar-refractivity contribution in [2.24, 2.45) is 0 Å². The molecule has 0 fully saturated rings. The van der Waals surface area contributed by atoms with Gasteiger partial charge in [0.15, 0.2) is 0 Å². The Morgan fingerprint density at radius 3 is 2.74 bits per heavy atom. The van der Waals surface area contributed by atoms with Gasteiger partial charge >= 0.3 is 0 Å². The number of benzene rings is 2. The second-order valence-electron chi connectivity index (χ2n) is 7.00. The molecule has 0 N–H and O–H groups in total. The molecule has 27 heavy (non-hydrogen) atoms. The summed E-state index contributed by atoms with van der Waals surface area (Å²) in [5, 5.41) is 0. The van der Waals surface area contributed by atoms with Gasteiger partial charge in [-0.2, -0.15) is 0 Å². The van der Waals surface area contributed by atoms with Crippen molar-refractivity contribution in [3.05, 3.63) is 70.1 Å². The maximum atomic E-state index is 13.4. The average molecular weight is 378 g/mol. The lowest BCUT2D eigenvalue weighted by Gasteiger charge is -2.22. The fourth-order valence-corrected chi connectivity index (χ4v) is 4.79. The molecule has 1 amide bonds. The average Bonchev–Trinajstić information content (AvgIpc) is 3.10. The summed E-state index contributed by atoms with van der Waals surface area (Å²) in [6, 6.07) is 16.3. The number of hydrogen-bond acceptors (Lipinski definition) is 3. The maximum absolute atomic E-state index is 13.4. The lowest BCUT2D eigenvalue weighted by molar-refractivity contribution is 0.0990. The highest BCUT2D eigenvalue weighted by atomic mass is 32.1. The Kier molecular flexibility index (Phi) is 4.75. The molecular formula is C23H23NO2S. The van der Waals surface area contributed by atoms with Gasteiger partial charge in [0.1, 0.15) is 12.4 Å². The minimum absolute atomic E-state index is 0.0667. The van der Waals surface area contributed by atoms with E-state index in [1.807, 2.05) is 35.2 Å². The van der Waals surface area contributed by atoms with Crippen molar-refractivity contribution >= 4 is 22.9 Å². The largest absolute Gasteiger partial charge is 0.488 e. The van der Waals surface area contributed by atoms with Crippen LogP contribution in [0.4, 0.5) is 5.69 Å². The topological polar surface area (TPSA) is 29.5 Å². The van der Waals surface area contributed by atoms with Gasteiger partial charge in [0, 0.05) is 28.2 Å². The standard InChI is InChI=1S/C23H23NO2S/c1-4-11-24(18-9-5-7-15(2)12-18)23(25)20-13-17-14-26-19-10-6-8-16(3)21(19)22(17)27-20/h5-10,12-13H,4,11,14H2,1-3H3. The quantitative estimate of drug-likeness (QED) is 0.560. The second-order valence-corrected chi connectivity index (χ2v) is 8.05. The number of hydrogen-bond donors (Lipinski definition) is 0. The van der Waals surface area contributed by atoms with Crippen LogP contribution in [0.5, 0.6) is 5.75 Å². The molecule has 0 saturated carbocycles. The predicted molar refractivity (Wildman–Crippen MR) is 112 cm³/mol. The summed E-state index contributed by atoms with van der Waals surface area (Å²) in [6.07, 6.45) is 0.913. The number of carbonyl (C=O) groups excluding carboxylic acids is 1. The number of thiophene rings is 1. The number of ether oxygens (including phenoxy) is 1. The third-order valence-corrected chi connectivity index (χ3v) is 6.05. The summed E-state index contributed by atoms with van der Waals surface area (Å²) in [5.41, 5.74) is 5.52. The minimum atomic E-state index is 0.0667. The molecule has 2 aromatic carbocycles. The van der Waals surface area contributed by atoms with Gasteiger partial charge < -0.3 is 9.64 Å². The van der Waals surface area contributed by atoms with Crippen LogP contribution in [0.2, 0.25) is 0 Å². The van der Waals surface area contributed by atoms with E-state index in [1.54, 1.807) is 11.3 Å². The molecule has 4 rings (SSSR count). The number of anilines is 1. The summed E-state index contributed by atoms with van der Waals surface area (Å²) in [6.45, 7) is 7.47. The van der Waals surface area contributed by atoms with E-state index in [9.17, 15) is 4.79 Å². The van der Waals surface area contributed by atoms with Crippen molar-refractivity contribution in [1.82, 2.24) is 0 Å². The van der Waals surface area contributed by atoms with Gasteiger partial charge in [-0.1, -0.05) is 31.2 Å². The Balaban J connectivity index is 1.74. The highest BCUT2D eigenvalue weighted by Crippen LogP contribution is 2.44. The van der Waals surface area contributed by atoms with Gasteiger partial charge in [0.25, 0.3) is 5.91 Å². The van der Waals surface area contributed by atoms with Crippen LogP contribution in [0.3, 0.4) is 0 Å². The van der Waals surface area contributed by atoms with Crippen LogP contribution in [0, 0.1) is 13.8 Å². The van der Waals surface area contributed by atoms with E-state index in [0.29, 0.717) is 13.2 Å². The first-order chi connectivity index (χ1) is 13.1. The predicted octanol–water partition coefficient (Wildman–Crippen LogP) is 5.98. The summed E-state index contributed by atoms with van der Waals surface area (Å²) >= 11 is 1.58. The minimum Gasteiger partial charge on any atom is -0.488 e. The van der Waals surface area contributed by atoms with Crippen molar-refractivity contribution < 1.29 is 9.53 Å². The molecule has 0 radical (unpaired) electrons. The van der Waals surface area contributed by atoms with E-state index in [4.69, 9.17) is 4.74 Å². The zero-order valence-corrected chi connectivity index (χ0v) is 16.7. The first-order valence-corrected chi connectivity index (χ1v) is 10.1. The van der Waals surface area contributed by atoms with E-state index < -0.39 is 0 Å². The lowest BCUT2D eigenvalue weighted by Crippen LogP contribution is -2.31. The molecule has 1 aromatic heterocycles. The van der Waals surface area contributed by atoms with Crippen molar-refractivity contribution in [1.29, 1.82) is 0 Å². The number of rotatable bonds is 4. The molecule has 3 aromatic rings. The van der Waals surface area contributed by atoms with Gasteiger partial charge in [0.05, 0.1) is 4.88 Å². The van der Waals surface area contributed by atoms with Crippen LogP contribution in [0.1, 0.15) is 39.7 Å². The fourth-order valence-electron chi connectivity index (χ4n) is 3.56. The zero-order chi connectivity index (χ0) is 19.0. The third kappa shape index (κ3) is 3.26. The first-order valence-electron chi connectivity index (χ1n) is 9.32. The van der Waals surface area contributed by atoms with Gasteiger partial charge in [-0.15, -0.1) is 11.3 Å². The summed E-state index contributed by atoms with van der Waals surface area (Å²) in [4.78, 5) is 17.2. The molecular weight excluding hydrogens is 354 g/mol. The first kappa shape index (κ1) is 17.8. The lowest BCUT2D eigenvalue weighted by atomic mass is 10.0. The summed E-state index contributed by atoms with van der Waals surface area (Å²) < 4.78 is 5.91. The number of amides is 1. The molecule has 0 unspecified atom stereocenters. The van der Waals surface area contributed by atoms with Crippen LogP contribution in [0.25, 0.3) is 10.4 Å². The van der Waals surface area contributed by atoms with E-state index in [-0.39, 0.29) is 5.91 Å². The van der Waals surface area contributed by atoms with Crippen molar-refractivity contribution in [3.8, 4) is 16.2 Å². The molecule has 2 heterocycles. The van der Waals surface area contributed by atoms with Crippen LogP contribution < -0.4 is 9.64 Å². The maximum Gasteiger partial charge on any atom is 0.268 e. The Morgan fingerprint density at radius 1 is 1.15 bits per heavy atom. The highest BCUT2D eigenvalue weighted by molar-refractivity contribution is 7.17. The van der Waals surface area contributed by atoms with Crippen molar-refractivity contribution in [3.63, 3.8) is 0 Å². The van der Waals surface area contributed by atoms with Crippen molar-refractivity contribution in [2.45, 2.75) is 33.8 Å². The molecule has 138 valence electrons. The number of fused-ring (bicyclic) bond motifs is 3. The Hall–Kier alpha value is -2.59. The fraction of sp³-hybridized carbons (Fsp3) is 0.261. The van der Waals surface area contributed by atoms with Crippen molar-refractivity contribution in [2.75, 3.05) is 11.4 Å². The molecule has 0 bridgehead atoms. The summed E-state index contributed by atoms with van der Waals surface area (Å²) in [7, 11) is 0. The number of carbonyl (C=O) groups is 1. The van der Waals surface area contributed by atoms with Crippen LogP contribution in [-0.4, -0.2) is 12.5 Å². The van der Waals surface area contributed by atoms with Crippen LogP contribution >= 0.6 is 11.3 Å². The SMILES string of the molecule is CCCN(C(=O)c1cc2c(s1)-c1c(C)cccc1OC2)c1cccc(C)c1. The molecule has 0 atom stereocenters. The molecule has 3 nitrogen and oxygen atoms in total. The Morgan fingerprint density at radius 2 is 1.96 bits per heavy atom. The molecule has 1 aliphatic heterocycles. The summed E-state index contributed by atoms with van der Waals surface area (Å²) in [5.74, 6) is 0.976. The molecule has 0 aliphatic carbocycles. The molecule has 0 spiro atoms. The second kappa shape index (κ2) is 7.20. The van der Waals surface area contributed by atoms with Crippen LogP contribution in [0.15, 0.2) is 48.5 Å². The zero-order valence-electron chi connectivity index (χ0n) is 15.9. The monoisotopic (exact) mass is 377 g/mol. The normalized spacial score (nSPS) is 12.1. The number of aryl methyl sites for hydroxylation is 2. The smallest absolute Gasteiger partial charge is 0.268 e. The van der Waals surface area contributed by atoms with Gasteiger partial charge in [-0.25, -0.2) is 0 Å². The Bertz CT molecular complexity index is 1010. The van der Waals surface area contributed by atoms with Crippen LogP contribution in [-0.2, 0) is 6.61 Å². The van der Waals surface area contributed by atoms with E-state index >= 15 is 0 Å². The molecule has 1 aliphatic rings. The van der Waals surface area contributed by atoms with Gasteiger partial charge in [-0.05, 0) is 55.7 Å². The van der Waals surface area contributed by atoms with Gasteiger partial charge in [0.2, 0.25) is 0 Å². The van der Waals surface area contributed by atoms with E-state index in [2.05, 4.69) is 39.0 Å². The van der Waals surface area contributed by atoms with E-state index in [1.165, 1.54) is 10.4 Å². The van der Waals surface area contributed by atoms with E-state index in [0.717, 1.165) is 39.4 Å². The molecule has 4 heteroatoms. The highest BCUT2D eigenvalue weighted by Gasteiger charge is 2.26. The third-order valence-electron chi connectivity index (χ3n) is 4.87. The van der Waals surface area contributed by atoms with Gasteiger partial charge in [-0.3, -0.25) is 4.79 Å². The number of nitrogens with zero attached hydrogens (tertiary/aromatic N) is 1. The molecule has 0 saturated heterocycles.